The topological polar surface area (TPSA) is 37.3 Å². The zero-order valence-electron chi connectivity index (χ0n) is 17.0. The van der Waals surface area contributed by atoms with Crippen molar-refractivity contribution >= 4 is 5.78 Å². The molecule has 0 aromatic carbocycles. The molecule has 0 aliphatic heterocycles. The molecule has 25 heavy (non-hydrogen) atoms. The van der Waals surface area contributed by atoms with Crippen molar-refractivity contribution in [2.75, 3.05) is 6.61 Å². The first kappa shape index (κ1) is 19.4. The van der Waals surface area contributed by atoms with Crippen molar-refractivity contribution < 1.29 is 9.90 Å². The molecule has 0 saturated heterocycles. The summed E-state index contributed by atoms with van der Waals surface area (Å²) in [5, 5.41) is 9.44. The molecule has 0 spiro atoms. The Labute approximate surface area is 155 Å². The number of hydrogen-bond acceptors (Lipinski definition) is 2. The minimum Gasteiger partial charge on any atom is -0.396 e. The molecule has 4 saturated carbocycles. The van der Waals surface area contributed by atoms with E-state index in [-0.39, 0.29) is 0 Å². The summed E-state index contributed by atoms with van der Waals surface area (Å²) in [6.07, 6.45) is 12.2. The number of aliphatic hydroxyl groups excluding tert-OH is 1. The van der Waals surface area contributed by atoms with Crippen LogP contribution in [-0.4, -0.2) is 17.5 Å². The maximum Gasteiger partial charge on any atom is 0.136 e. The van der Waals surface area contributed by atoms with Crippen molar-refractivity contribution in [3.05, 3.63) is 0 Å². The van der Waals surface area contributed by atoms with Gasteiger partial charge in [-0.3, -0.25) is 4.79 Å². The number of fused-ring (bicyclic) bond motifs is 5. The van der Waals surface area contributed by atoms with E-state index in [0.717, 1.165) is 12.8 Å². The molecule has 0 heterocycles. The molecule has 0 aromatic rings. The molecule has 2 heteroatoms. The van der Waals surface area contributed by atoms with Crippen LogP contribution < -0.4 is 0 Å². The fourth-order valence-corrected chi connectivity index (χ4v) is 7.70. The van der Waals surface area contributed by atoms with Crippen molar-refractivity contribution in [2.45, 2.75) is 91.9 Å². The van der Waals surface area contributed by atoms with Gasteiger partial charge < -0.3 is 5.11 Å². The van der Waals surface area contributed by atoms with E-state index in [4.69, 9.17) is 0 Å². The Kier molecular flexibility index (Phi) is 5.69. The van der Waals surface area contributed by atoms with Gasteiger partial charge >= 0.3 is 0 Å². The zero-order valence-corrected chi connectivity index (χ0v) is 17.0. The lowest BCUT2D eigenvalue weighted by molar-refractivity contribution is -0.155. The Morgan fingerprint density at radius 2 is 1.68 bits per heavy atom. The highest BCUT2D eigenvalue weighted by Gasteiger charge is 2.61. The van der Waals surface area contributed by atoms with Crippen LogP contribution in [-0.2, 0) is 4.79 Å². The van der Waals surface area contributed by atoms with E-state index in [1.54, 1.807) is 0 Å². The number of carbonyl (C=O) groups excluding carboxylic acids is 1. The van der Waals surface area contributed by atoms with Crippen LogP contribution in [0.25, 0.3) is 0 Å². The third kappa shape index (κ3) is 2.91. The second-order valence-electron chi connectivity index (χ2n) is 9.69. The Morgan fingerprint density at radius 1 is 0.960 bits per heavy atom. The maximum atomic E-state index is 13.1. The monoisotopic (exact) mass is 348 g/mol. The first-order chi connectivity index (χ1) is 12.0. The van der Waals surface area contributed by atoms with E-state index in [1.807, 2.05) is 13.8 Å². The smallest absolute Gasteiger partial charge is 0.136 e. The van der Waals surface area contributed by atoms with Gasteiger partial charge in [-0.1, -0.05) is 40.5 Å². The minimum absolute atomic E-state index is 0.314. The second-order valence-corrected chi connectivity index (χ2v) is 9.69. The van der Waals surface area contributed by atoms with Gasteiger partial charge in [0.2, 0.25) is 0 Å². The molecular weight excluding hydrogens is 308 g/mol. The van der Waals surface area contributed by atoms with E-state index in [1.165, 1.54) is 51.4 Å². The van der Waals surface area contributed by atoms with Gasteiger partial charge in [0.15, 0.2) is 0 Å². The van der Waals surface area contributed by atoms with Crippen LogP contribution in [0.4, 0.5) is 0 Å². The predicted molar refractivity (Wildman–Crippen MR) is 103 cm³/mol. The predicted octanol–water partition coefficient (Wildman–Crippen LogP) is 5.62. The number of rotatable bonds is 2. The fraction of sp³-hybridized carbons (Fsp3) is 0.957. The average molecular weight is 349 g/mol. The summed E-state index contributed by atoms with van der Waals surface area (Å²) < 4.78 is 0. The molecular formula is C23H40O2. The Morgan fingerprint density at radius 3 is 2.40 bits per heavy atom. The zero-order chi connectivity index (χ0) is 18.2. The molecule has 4 fully saturated rings. The standard InChI is InChI=1S/C21H34O2.C2H6/c1-20-10-4-3-5-15(20)13-18(23)19-16-7-6-14(9-12-22)21(16,2)11-8-17(19)20;1-2/h14-17,19,22H,3-13H2,1-2H3;1-2H3/t14-,15?,16?,17?,19?,20?,21?;/m1./s1. The average Bonchev–Trinajstić information content (AvgIpc) is 2.94. The van der Waals surface area contributed by atoms with Gasteiger partial charge in [-0.15, -0.1) is 0 Å². The van der Waals surface area contributed by atoms with E-state index >= 15 is 0 Å². The lowest BCUT2D eigenvalue weighted by atomic mass is 9.44. The molecule has 4 aliphatic rings. The molecule has 0 bridgehead atoms. The Hall–Kier alpha value is -0.370. The molecule has 4 aliphatic carbocycles. The Bertz CT molecular complexity index is 486. The summed E-state index contributed by atoms with van der Waals surface area (Å²) in [6, 6.07) is 0. The fourth-order valence-electron chi connectivity index (χ4n) is 7.70. The summed E-state index contributed by atoms with van der Waals surface area (Å²) in [7, 11) is 0. The van der Waals surface area contributed by atoms with Crippen LogP contribution in [0.15, 0.2) is 0 Å². The Balaban J connectivity index is 0.000000880. The van der Waals surface area contributed by atoms with Crippen LogP contribution in [0.1, 0.15) is 91.9 Å². The first-order valence-electron chi connectivity index (χ1n) is 11.1. The van der Waals surface area contributed by atoms with E-state index in [2.05, 4.69) is 13.8 Å². The van der Waals surface area contributed by atoms with Crippen LogP contribution in [0, 0.1) is 40.4 Å². The summed E-state index contributed by atoms with van der Waals surface area (Å²) in [6.45, 7) is 9.29. The van der Waals surface area contributed by atoms with Gasteiger partial charge in [-0.2, -0.15) is 0 Å². The van der Waals surface area contributed by atoms with Gasteiger partial charge in [0, 0.05) is 18.9 Å². The number of ketones is 1. The lowest BCUT2D eigenvalue weighted by Gasteiger charge is -2.59. The van der Waals surface area contributed by atoms with Gasteiger partial charge in [-0.05, 0) is 79.4 Å². The summed E-state index contributed by atoms with van der Waals surface area (Å²) >= 11 is 0. The van der Waals surface area contributed by atoms with E-state index in [9.17, 15) is 9.90 Å². The molecule has 0 aromatic heterocycles. The highest BCUT2D eigenvalue weighted by Crippen LogP contribution is 2.66. The lowest BCUT2D eigenvalue weighted by Crippen LogP contribution is -2.56. The molecule has 144 valence electrons. The number of aliphatic hydroxyl groups is 1. The van der Waals surface area contributed by atoms with Gasteiger partial charge in [-0.25, -0.2) is 0 Å². The maximum absolute atomic E-state index is 13.1. The van der Waals surface area contributed by atoms with Crippen LogP contribution in [0.3, 0.4) is 0 Å². The number of carbonyl (C=O) groups is 1. The van der Waals surface area contributed by atoms with Gasteiger partial charge in [0.05, 0.1) is 0 Å². The highest BCUT2D eigenvalue weighted by molar-refractivity contribution is 5.83. The van der Waals surface area contributed by atoms with Crippen molar-refractivity contribution in [3.8, 4) is 0 Å². The van der Waals surface area contributed by atoms with Crippen molar-refractivity contribution in [1.29, 1.82) is 0 Å². The summed E-state index contributed by atoms with van der Waals surface area (Å²) in [5.74, 6) is 3.52. The third-order valence-electron chi connectivity index (χ3n) is 9.06. The molecule has 0 amide bonds. The number of Topliss-reactive ketones (excluding diaryl/α,β-unsaturated/α-hetero) is 1. The highest BCUT2D eigenvalue weighted by atomic mass is 16.3. The van der Waals surface area contributed by atoms with Crippen molar-refractivity contribution in [3.63, 3.8) is 0 Å². The van der Waals surface area contributed by atoms with Crippen LogP contribution >= 0.6 is 0 Å². The summed E-state index contributed by atoms with van der Waals surface area (Å²) in [5.41, 5.74) is 0.755. The first-order valence-corrected chi connectivity index (χ1v) is 11.1. The van der Waals surface area contributed by atoms with Crippen molar-refractivity contribution in [2.24, 2.45) is 40.4 Å². The van der Waals surface area contributed by atoms with Gasteiger partial charge in [0.1, 0.15) is 5.78 Å². The second kappa shape index (κ2) is 7.33. The normalized spacial score (nSPS) is 48.7. The number of hydrogen-bond donors (Lipinski definition) is 1. The van der Waals surface area contributed by atoms with Crippen LogP contribution in [0.2, 0.25) is 0 Å². The molecule has 2 nitrogen and oxygen atoms in total. The van der Waals surface area contributed by atoms with E-state index in [0.29, 0.717) is 52.8 Å². The molecule has 0 radical (unpaired) electrons. The minimum atomic E-state index is 0.314. The van der Waals surface area contributed by atoms with Gasteiger partial charge in [0.25, 0.3) is 0 Å². The molecule has 4 rings (SSSR count). The summed E-state index contributed by atoms with van der Waals surface area (Å²) in [4.78, 5) is 13.1. The molecule has 7 atom stereocenters. The molecule has 6 unspecified atom stereocenters. The van der Waals surface area contributed by atoms with Crippen LogP contribution in [0.5, 0.6) is 0 Å². The van der Waals surface area contributed by atoms with E-state index < -0.39 is 0 Å². The van der Waals surface area contributed by atoms with Crippen molar-refractivity contribution in [1.82, 2.24) is 0 Å². The SMILES string of the molecule is CC.CC12CCCCC1CC(=O)C1C2CCC2(C)C1CC[C@@H]2CCO. The third-order valence-corrected chi connectivity index (χ3v) is 9.06. The quantitative estimate of drug-likeness (QED) is 0.703. The molecule has 1 N–H and O–H groups in total. The largest absolute Gasteiger partial charge is 0.396 e.